The van der Waals surface area contributed by atoms with Crippen molar-refractivity contribution in [1.82, 2.24) is 4.98 Å². The molecule has 1 aliphatic rings. The number of rotatable bonds is 3. The van der Waals surface area contributed by atoms with Crippen molar-refractivity contribution in [2.24, 2.45) is 5.73 Å². The van der Waals surface area contributed by atoms with Crippen LogP contribution in [-0.4, -0.2) is 22.2 Å². The second-order valence-electron chi connectivity index (χ2n) is 5.38. The fraction of sp³-hybridized carbons (Fsp3) is 0.400. The van der Waals surface area contributed by atoms with Gasteiger partial charge in [0.05, 0.1) is 5.54 Å². The summed E-state index contributed by atoms with van der Waals surface area (Å²) >= 11 is 0. The van der Waals surface area contributed by atoms with Gasteiger partial charge in [-0.05, 0) is 36.4 Å². The van der Waals surface area contributed by atoms with E-state index in [9.17, 15) is 5.11 Å². The number of pyridine rings is 1. The third kappa shape index (κ3) is 2.24. The molecule has 1 aliphatic carbocycles. The van der Waals surface area contributed by atoms with E-state index in [0.29, 0.717) is 6.54 Å². The van der Waals surface area contributed by atoms with Crippen molar-refractivity contribution in [3.8, 4) is 5.75 Å². The summed E-state index contributed by atoms with van der Waals surface area (Å²) in [4.78, 5) is 4.43. The first-order chi connectivity index (χ1) is 9.22. The fourth-order valence-corrected chi connectivity index (χ4v) is 2.94. The van der Waals surface area contributed by atoms with E-state index in [1.165, 1.54) is 12.8 Å². The predicted molar refractivity (Wildman–Crippen MR) is 77.3 cm³/mol. The maximum atomic E-state index is 9.66. The highest BCUT2D eigenvalue weighted by Crippen LogP contribution is 2.34. The predicted octanol–water partition coefficient (Wildman–Crippen LogP) is 2.62. The summed E-state index contributed by atoms with van der Waals surface area (Å²) in [5, 5.41) is 15.2. The summed E-state index contributed by atoms with van der Waals surface area (Å²) < 4.78 is 0. The molecule has 0 spiro atoms. The first-order valence-corrected chi connectivity index (χ1v) is 6.78. The Bertz CT molecular complexity index is 591. The van der Waals surface area contributed by atoms with Gasteiger partial charge in [-0.2, -0.15) is 0 Å². The average molecular weight is 257 g/mol. The maximum Gasteiger partial charge on any atom is 0.134 e. The Kier molecular flexibility index (Phi) is 3.03. The van der Waals surface area contributed by atoms with Crippen LogP contribution in [-0.2, 0) is 0 Å². The van der Waals surface area contributed by atoms with Crippen molar-refractivity contribution < 1.29 is 5.11 Å². The van der Waals surface area contributed by atoms with Gasteiger partial charge < -0.3 is 16.2 Å². The molecule has 0 amide bonds. The molecule has 4 N–H and O–H groups in total. The lowest BCUT2D eigenvalue weighted by Gasteiger charge is -2.29. The molecule has 1 saturated carbocycles. The van der Waals surface area contributed by atoms with Crippen LogP contribution in [0.25, 0.3) is 10.8 Å². The first-order valence-electron chi connectivity index (χ1n) is 6.78. The van der Waals surface area contributed by atoms with Crippen LogP contribution in [0.2, 0.25) is 0 Å². The zero-order chi connectivity index (χ0) is 13.3. The zero-order valence-electron chi connectivity index (χ0n) is 10.9. The SMILES string of the molecule is NCC1(Nc2nccc3ccc(O)cc23)CCCC1. The lowest BCUT2D eigenvalue weighted by atomic mass is 9.97. The van der Waals surface area contributed by atoms with Crippen molar-refractivity contribution >= 4 is 16.6 Å². The summed E-state index contributed by atoms with van der Waals surface area (Å²) in [5.41, 5.74) is 5.92. The zero-order valence-corrected chi connectivity index (χ0v) is 10.9. The molecule has 3 rings (SSSR count). The van der Waals surface area contributed by atoms with Crippen molar-refractivity contribution in [2.75, 3.05) is 11.9 Å². The maximum absolute atomic E-state index is 9.66. The van der Waals surface area contributed by atoms with E-state index in [2.05, 4.69) is 10.3 Å². The summed E-state index contributed by atoms with van der Waals surface area (Å²) in [6.45, 7) is 0.615. The van der Waals surface area contributed by atoms with E-state index in [1.54, 1.807) is 18.3 Å². The highest BCUT2D eigenvalue weighted by atomic mass is 16.3. The van der Waals surface area contributed by atoms with Gasteiger partial charge in [-0.3, -0.25) is 0 Å². The molecule has 1 aromatic carbocycles. The molecule has 19 heavy (non-hydrogen) atoms. The Morgan fingerprint density at radius 3 is 2.79 bits per heavy atom. The molecule has 0 saturated heterocycles. The molecule has 1 heterocycles. The van der Waals surface area contributed by atoms with Gasteiger partial charge in [-0.25, -0.2) is 4.98 Å². The summed E-state index contributed by atoms with van der Waals surface area (Å²) in [6, 6.07) is 7.30. The lowest BCUT2D eigenvalue weighted by molar-refractivity contribution is 0.476. The first kappa shape index (κ1) is 12.2. The molecule has 4 heteroatoms. The third-order valence-corrected chi connectivity index (χ3v) is 4.08. The molecule has 0 unspecified atom stereocenters. The lowest BCUT2D eigenvalue weighted by Crippen LogP contribution is -2.43. The van der Waals surface area contributed by atoms with E-state index >= 15 is 0 Å². The number of benzene rings is 1. The van der Waals surface area contributed by atoms with E-state index in [4.69, 9.17) is 5.73 Å². The van der Waals surface area contributed by atoms with Crippen molar-refractivity contribution in [3.63, 3.8) is 0 Å². The van der Waals surface area contributed by atoms with Crippen LogP contribution in [0, 0.1) is 0 Å². The molecular weight excluding hydrogens is 238 g/mol. The van der Waals surface area contributed by atoms with E-state index < -0.39 is 0 Å². The minimum absolute atomic E-state index is 0.0350. The molecule has 0 bridgehead atoms. The fourth-order valence-electron chi connectivity index (χ4n) is 2.94. The van der Waals surface area contributed by atoms with Gasteiger partial charge in [-0.1, -0.05) is 18.9 Å². The standard InChI is InChI=1S/C15H19N3O/c16-10-15(6-1-2-7-15)18-14-13-9-12(19)4-3-11(13)5-8-17-14/h3-5,8-9,19H,1-2,6-7,10,16H2,(H,17,18). The molecule has 1 fully saturated rings. The molecule has 0 atom stereocenters. The van der Waals surface area contributed by atoms with Gasteiger partial charge in [0.25, 0.3) is 0 Å². The van der Waals surface area contributed by atoms with Crippen molar-refractivity contribution in [1.29, 1.82) is 0 Å². The molecule has 2 aromatic rings. The number of nitrogens with one attached hydrogen (secondary N) is 1. The van der Waals surface area contributed by atoms with Gasteiger partial charge in [-0.15, -0.1) is 0 Å². The van der Waals surface area contributed by atoms with Crippen LogP contribution in [0.1, 0.15) is 25.7 Å². The Hall–Kier alpha value is -1.81. The monoisotopic (exact) mass is 257 g/mol. The summed E-state index contributed by atoms with van der Waals surface area (Å²) in [7, 11) is 0. The second kappa shape index (κ2) is 4.70. The number of anilines is 1. The summed E-state index contributed by atoms with van der Waals surface area (Å²) in [6.07, 6.45) is 6.38. The van der Waals surface area contributed by atoms with Crippen molar-refractivity contribution in [2.45, 2.75) is 31.2 Å². The molecule has 0 aliphatic heterocycles. The largest absolute Gasteiger partial charge is 0.508 e. The van der Waals surface area contributed by atoms with Gasteiger partial charge in [0.2, 0.25) is 0 Å². The summed E-state index contributed by atoms with van der Waals surface area (Å²) in [5.74, 6) is 1.08. The van der Waals surface area contributed by atoms with Gasteiger partial charge in [0.15, 0.2) is 0 Å². The highest BCUT2D eigenvalue weighted by Gasteiger charge is 2.32. The second-order valence-corrected chi connectivity index (χ2v) is 5.38. The third-order valence-electron chi connectivity index (χ3n) is 4.08. The molecular formula is C15H19N3O. The van der Waals surface area contributed by atoms with Crippen molar-refractivity contribution in [3.05, 3.63) is 30.5 Å². The number of phenolic OH excluding ortho intramolecular Hbond substituents is 1. The topological polar surface area (TPSA) is 71.2 Å². The number of nitrogens with two attached hydrogens (primary N) is 1. The quantitative estimate of drug-likeness (QED) is 0.790. The van der Waals surface area contributed by atoms with Crippen LogP contribution in [0.5, 0.6) is 5.75 Å². The minimum atomic E-state index is -0.0350. The van der Waals surface area contributed by atoms with Gasteiger partial charge in [0, 0.05) is 18.1 Å². The van der Waals surface area contributed by atoms with Crippen LogP contribution < -0.4 is 11.1 Å². The van der Waals surface area contributed by atoms with Crippen LogP contribution in [0.3, 0.4) is 0 Å². The Morgan fingerprint density at radius 1 is 1.26 bits per heavy atom. The smallest absolute Gasteiger partial charge is 0.134 e. The van der Waals surface area contributed by atoms with E-state index in [-0.39, 0.29) is 11.3 Å². The highest BCUT2D eigenvalue weighted by molar-refractivity contribution is 5.92. The molecule has 1 aromatic heterocycles. The molecule has 4 nitrogen and oxygen atoms in total. The Labute approximate surface area is 112 Å². The van der Waals surface area contributed by atoms with Gasteiger partial charge in [0.1, 0.15) is 11.6 Å². The molecule has 0 radical (unpaired) electrons. The molecule has 100 valence electrons. The van der Waals surface area contributed by atoms with Crippen LogP contribution >= 0.6 is 0 Å². The number of phenols is 1. The van der Waals surface area contributed by atoms with Crippen LogP contribution in [0.15, 0.2) is 30.5 Å². The number of nitrogens with zero attached hydrogens (tertiary/aromatic N) is 1. The Morgan fingerprint density at radius 2 is 2.05 bits per heavy atom. The average Bonchev–Trinajstić information content (AvgIpc) is 2.89. The van der Waals surface area contributed by atoms with Crippen LogP contribution in [0.4, 0.5) is 5.82 Å². The Balaban J connectivity index is 2.02. The normalized spacial score (nSPS) is 17.7. The number of hydrogen-bond acceptors (Lipinski definition) is 4. The van der Waals surface area contributed by atoms with E-state index in [1.807, 2.05) is 12.1 Å². The van der Waals surface area contributed by atoms with E-state index in [0.717, 1.165) is 29.4 Å². The number of hydrogen-bond donors (Lipinski definition) is 3. The van der Waals surface area contributed by atoms with Gasteiger partial charge >= 0.3 is 0 Å². The number of aromatic hydroxyl groups is 1. The minimum Gasteiger partial charge on any atom is -0.508 e. The number of fused-ring (bicyclic) bond motifs is 1. The number of aromatic nitrogens is 1.